The lowest BCUT2D eigenvalue weighted by Gasteiger charge is -2.38. The molecule has 5 heteroatoms. The van der Waals surface area contributed by atoms with Crippen molar-refractivity contribution in [1.82, 2.24) is 10.6 Å². The van der Waals surface area contributed by atoms with Crippen LogP contribution in [0.1, 0.15) is 58.8 Å². The summed E-state index contributed by atoms with van der Waals surface area (Å²) in [7, 11) is 1.77. The molecule has 1 amide bonds. The third kappa shape index (κ3) is 5.33. The second-order valence-corrected chi connectivity index (χ2v) is 7.95. The molecule has 4 nitrogen and oxygen atoms in total. The predicted molar refractivity (Wildman–Crippen MR) is 97.0 cm³/mol. The number of hydrogen-bond donors (Lipinski definition) is 2. The molecule has 2 rings (SSSR count). The van der Waals surface area contributed by atoms with Gasteiger partial charge in [0, 0.05) is 24.5 Å². The maximum absolute atomic E-state index is 12.9. The summed E-state index contributed by atoms with van der Waals surface area (Å²) in [6, 6.07) is 0. The summed E-state index contributed by atoms with van der Waals surface area (Å²) in [5, 5.41) is 6.73. The monoisotopic (exact) mass is 346 g/mol. The van der Waals surface area contributed by atoms with Crippen molar-refractivity contribution in [1.29, 1.82) is 0 Å². The lowest BCUT2D eigenvalue weighted by atomic mass is 9.76. The molecular weight excluding hydrogens is 312 g/mol. The van der Waals surface area contributed by atoms with Crippen molar-refractivity contribution in [3.05, 3.63) is 0 Å². The Morgan fingerprint density at radius 1 is 1.17 bits per heavy atom. The van der Waals surface area contributed by atoms with E-state index in [0.29, 0.717) is 11.8 Å². The van der Waals surface area contributed by atoms with Gasteiger partial charge in [0.15, 0.2) is 0 Å². The lowest BCUT2D eigenvalue weighted by Crippen LogP contribution is -2.50. The van der Waals surface area contributed by atoms with Gasteiger partial charge in [-0.3, -0.25) is 4.79 Å². The van der Waals surface area contributed by atoms with E-state index in [0.717, 1.165) is 58.3 Å². The van der Waals surface area contributed by atoms with Gasteiger partial charge in [-0.05, 0) is 51.1 Å². The Labute approximate surface area is 147 Å². The number of amides is 1. The van der Waals surface area contributed by atoms with Gasteiger partial charge in [0.25, 0.3) is 0 Å². The van der Waals surface area contributed by atoms with Crippen LogP contribution in [0.2, 0.25) is 0 Å². The molecule has 1 aliphatic heterocycles. The fourth-order valence-corrected chi connectivity index (χ4v) is 4.45. The van der Waals surface area contributed by atoms with Crippen LogP contribution < -0.4 is 10.6 Å². The normalized spacial score (nSPS) is 22.6. The predicted octanol–water partition coefficient (Wildman–Crippen LogP) is 3.15. The quantitative estimate of drug-likeness (QED) is 0.744. The minimum absolute atomic E-state index is 0. The molecule has 0 atom stereocenters. The van der Waals surface area contributed by atoms with Crippen LogP contribution in [0.3, 0.4) is 0 Å². The van der Waals surface area contributed by atoms with E-state index in [2.05, 4.69) is 24.5 Å². The van der Waals surface area contributed by atoms with E-state index in [1.807, 2.05) is 0 Å². The molecular formula is C18H35ClN2O2. The van der Waals surface area contributed by atoms with Gasteiger partial charge in [0.05, 0.1) is 6.61 Å². The second-order valence-electron chi connectivity index (χ2n) is 7.95. The molecule has 1 saturated heterocycles. The van der Waals surface area contributed by atoms with Gasteiger partial charge in [-0.1, -0.05) is 26.7 Å². The first-order valence-corrected chi connectivity index (χ1v) is 9.00. The van der Waals surface area contributed by atoms with Crippen molar-refractivity contribution in [2.45, 2.75) is 58.8 Å². The summed E-state index contributed by atoms with van der Waals surface area (Å²) in [5.74, 6) is 0.878. The van der Waals surface area contributed by atoms with Gasteiger partial charge < -0.3 is 15.4 Å². The van der Waals surface area contributed by atoms with Gasteiger partial charge in [-0.15, -0.1) is 12.4 Å². The Morgan fingerprint density at radius 3 is 2.30 bits per heavy atom. The Kier molecular flexibility index (Phi) is 8.32. The molecule has 2 aliphatic rings. The van der Waals surface area contributed by atoms with Crippen molar-refractivity contribution >= 4 is 18.3 Å². The van der Waals surface area contributed by atoms with E-state index in [1.165, 1.54) is 12.8 Å². The second kappa shape index (κ2) is 9.24. The third-order valence-corrected chi connectivity index (χ3v) is 5.58. The zero-order chi connectivity index (χ0) is 16.1. The number of halogens is 1. The van der Waals surface area contributed by atoms with Crippen LogP contribution in [0.4, 0.5) is 0 Å². The molecule has 2 fully saturated rings. The summed E-state index contributed by atoms with van der Waals surface area (Å²) in [4.78, 5) is 12.9. The van der Waals surface area contributed by atoms with Crippen molar-refractivity contribution in [3.63, 3.8) is 0 Å². The zero-order valence-electron chi connectivity index (χ0n) is 15.1. The first kappa shape index (κ1) is 20.7. The lowest BCUT2D eigenvalue weighted by molar-refractivity contribution is -0.132. The summed E-state index contributed by atoms with van der Waals surface area (Å²) in [6.45, 7) is 8.01. The van der Waals surface area contributed by atoms with Gasteiger partial charge in [-0.25, -0.2) is 0 Å². The minimum atomic E-state index is -0.102. The van der Waals surface area contributed by atoms with Crippen molar-refractivity contribution in [2.24, 2.45) is 16.7 Å². The van der Waals surface area contributed by atoms with Crippen molar-refractivity contribution in [3.8, 4) is 0 Å². The first-order chi connectivity index (χ1) is 10.5. The molecule has 23 heavy (non-hydrogen) atoms. The molecule has 0 aromatic rings. The number of hydrogen-bond acceptors (Lipinski definition) is 3. The van der Waals surface area contributed by atoms with Gasteiger partial charge in [0.1, 0.15) is 0 Å². The van der Waals surface area contributed by atoms with Crippen LogP contribution in [0, 0.1) is 16.7 Å². The molecule has 1 aliphatic carbocycles. The van der Waals surface area contributed by atoms with Crippen molar-refractivity contribution < 1.29 is 9.53 Å². The highest BCUT2D eigenvalue weighted by Gasteiger charge is 2.42. The summed E-state index contributed by atoms with van der Waals surface area (Å²) in [6.07, 6.45) is 7.72. The number of piperidine rings is 1. The summed E-state index contributed by atoms with van der Waals surface area (Å²) >= 11 is 0. The summed E-state index contributed by atoms with van der Waals surface area (Å²) < 4.78 is 5.45. The highest BCUT2D eigenvalue weighted by Crippen LogP contribution is 2.43. The van der Waals surface area contributed by atoms with Gasteiger partial charge in [0.2, 0.25) is 5.91 Å². The largest absolute Gasteiger partial charge is 0.384 e. The molecule has 1 heterocycles. The van der Waals surface area contributed by atoms with Crippen LogP contribution in [0.25, 0.3) is 0 Å². The molecule has 0 unspecified atom stereocenters. The number of carbonyl (C=O) groups excluding carboxylic acids is 1. The zero-order valence-corrected chi connectivity index (χ0v) is 15.9. The number of rotatable bonds is 7. The average molecular weight is 347 g/mol. The molecule has 0 spiro atoms. The minimum Gasteiger partial charge on any atom is -0.384 e. The van der Waals surface area contributed by atoms with Crippen LogP contribution in [-0.2, 0) is 9.53 Å². The van der Waals surface area contributed by atoms with Crippen LogP contribution in [0.15, 0.2) is 0 Å². The Balaban J connectivity index is 0.00000264. The molecule has 0 aromatic heterocycles. The highest BCUT2D eigenvalue weighted by molar-refractivity contribution is 5.85. The highest BCUT2D eigenvalue weighted by atomic mass is 35.5. The van der Waals surface area contributed by atoms with Crippen molar-refractivity contribution in [2.75, 3.05) is 33.4 Å². The van der Waals surface area contributed by atoms with E-state index in [-0.39, 0.29) is 23.2 Å². The Morgan fingerprint density at radius 2 is 1.78 bits per heavy atom. The van der Waals surface area contributed by atoms with Gasteiger partial charge >= 0.3 is 0 Å². The standard InChI is InChI=1S/C18H34N2O2.ClH/c1-15(2)12-18(6-4-5-7-18)16(21)20-13-17(14-22-3)8-10-19-11-9-17;/h15,19H,4-14H2,1-3H3,(H,20,21);1H. The van der Waals surface area contributed by atoms with E-state index in [9.17, 15) is 4.79 Å². The van der Waals surface area contributed by atoms with E-state index < -0.39 is 0 Å². The number of carbonyl (C=O) groups is 1. The Hall–Kier alpha value is -0.320. The maximum atomic E-state index is 12.9. The topological polar surface area (TPSA) is 50.4 Å². The number of nitrogens with one attached hydrogen (secondary N) is 2. The first-order valence-electron chi connectivity index (χ1n) is 9.00. The maximum Gasteiger partial charge on any atom is 0.226 e. The smallest absolute Gasteiger partial charge is 0.226 e. The molecule has 1 saturated carbocycles. The molecule has 2 N–H and O–H groups in total. The third-order valence-electron chi connectivity index (χ3n) is 5.58. The van der Waals surface area contributed by atoms with Crippen LogP contribution in [-0.4, -0.2) is 39.3 Å². The number of ether oxygens (including phenoxy) is 1. The van der Waals surface area contributed by atoms with Crippen LogP contribution >= 0.6 is 12.4 Å². The van der Waals surface area contributed by atoms with Gasteiger partial charge in [-0.2, -0.15) is 0 Å². The molecule has 136 valence electrons. The molecule has 0 bridgehead atoms. The molecule has 0 radical (unpaired) electrons. The molecule has 0 aromatic carbocycles. The number of methoxy groups -OCH3 is 1. The van der Waals surface area contributed by atoms with E-state index in [1.54, 1.807) is 7.11 Å². The average Bonchev–Trinajstić information content (AvgIpc) is 2.95. The Bertz CT molecular complexity index is 357. The fraction of sp³-hybridized carbons (Fsp3) is 0.944. The SMILES string of the molecule is COCC1(CNC(=O)C2(CC(C)C)CCCC2)CCNCC1.Cl. The van der Waals surface area contributed by atoms with E-state index >= 15 is 0 Å². The summed E-state index contributed by atoms with van der Waals surface area (Å²) in [5.41, 5.74) is 0.0165. The fourth-order valence-electron chi connectivity index (χ4n) is 4.45. The van der Waals surface area contributed by atoms with E-state index in [4.69, 9.17) is 4.74 Å². The van der Waals surface area contributed by atoms with Crippen LogP contribution in [0.5, 0.6) is 0 Å².